The average molecular weight is 578 g/mol. The van der Waals surface area contributed by atoms with Crippen molar-refractivity contribution in [3.05, 3.63) is 157 Å². The van der Waals surface area contributed by atoms with Gasteiger partial charge in [-0.3, -0.25) is 0 Å². The fraction of sp³-hybridized carbons (Fsp3) is 0.0476. The van der Waals surface area contributed by atoms with Crippen LogP contribution >= 0.6 is 0 Å². The fourth-order valence-corrected chi connectivity index (χ4v) is 7.42. The molecule has 0 saturated heterocycles. The Balaban J connectivity index is 1.07. The Kier molecular flexibility index (Phi) is 5.11. The fourth-order valence-electron chi connectivity index (χ4n) is 7.42. The molecule has 45 heavy (non-hydrogen) atoms. The minimum Gasteiger partial charge on any atom is -0.481 e. The molecule has 1 aliphatic carbocycles. The highest BCUT2D eigenvalue weighted by Crippen LogP contribution is 2.49. The number of allylic oxidation sites excluding steroid dienone is 2. The molecule has 6 aromatic carbocycles. The molecule has 2 aliphatic rings. The van der Waals surface area contributed by atoms with Crippen LogP contribution in [0.1, 0.15) is 11.5 Å². The standard InChI is InChI=1S/C42H27NO2/c1-2-9-26(10-3-1)27-11-8-12-28(23-27)29-17-21-39-35(24-29)33-19-20-34-36-25-30(18-22-40(36)45-42(34)41(33)44-39)43-37-15-6-4-13-31(37)32-14-5-7-16-38(32)43/h1-25,36,40H. The van der Waals surface area contributed by atoms with Gasteiger partial charge in [0.1, 0.15) is 11.7 Å². The molecule has 0 N–H and O–H groups in total. The Morgan fingerprint density at radius 2 is 1.22 bits per heavy atom. The van der Waals surface area contributed by atoms with E-state index < -0.39 is 0 Å². The summed E-state index contributed by atoms with van der Waals surface area (Å²) >= 11 is 0. The summed E-state index contributed by atoms with van der Waals surface area (Å²) < 4.78 is 15.5. The van der Waals surface area contributed by atoms with E-state index in [0.717, 1.165) is 33.4 Å². The van der Waals surface area contributed by atoms with Crippen molar-refractivity contribution >= 4 is 49.4 Å². The predicted molar refractivity (Wildman–Crippen MR) is 185 cm³/mol. The minimum atomic E-state index is -0.0630. The maximum Gasteiger partial charge on any atom is 0.177 e. The molecule has 3 heteroatoms. The van der Waals surface area contributed by atoms with Crippen LogP contribution < -0.4 is 4.74 Å². The van der Waals surface area contributed by atoms with E-state index in [1.165, 1.54) is 49.6 Å². The first-order valence-corrected chi connectivity index (χ1v) is 15.5. The van der Waals surface area contributed by atoms with Gasteiger partial charge in [-0.25, -0.2) is 0 Å². The molecule has 0 bridgehead atoms. The number of rotatable bonds is 3. The first kappa shape index (κ1) is 24.6. The van der Waals surface area contributed by atoms with Gasteiger partial charge in [0.2, 0.25) is 0 Å². The Hall–Kier alpha value is -5.80. The lowest BCUT2D eigenvalue weighted by Crippen LogP contribution is -2.18. The summed E-state index contributed by atoms with van der Waals surface area (Å²) in [7, 11) is 0. The molecule has 3 nitrogen and oxygen atoms in total. The van der Waals surface area contributed by atoms with Gasteiger partial charge in [-0.05, 0) is 76.9 Å². The van der Waals surface area contributed by atoms with Gasteiger partial charge in [0.15, 0.2) is 11.3 Å². The maximum absolute atomic E-state index is 6.64. The highest BCUT2D eigenvalue weighted by Gasteiger charge is 2.36. The van der Waals surface area contributed by atoms with Gasteiger partial charge in [0.25, 0.3) is 0 Å². The largest absolute Gasteiger partial charge is 0.481 e. The molecule has 212 valence electrons. The van der Waals surface area contributed by atoms with Gasteiger partial charge >= 0.3 is 0 Å². The molecule has 0 fully saturated rings. The van der Waals surface area contributed by atoms with Crippen LogP contribution in [0.15, 0.2) is 156 Å². The van der Waals surface area contributed by atoms with Crippen LogP contribution in [0.5, 0.6) is 5.75 Å². The third-order valence-corrected chi connectivity index (χ3v) is 9.54. The van der Waals surface area contributed by atoms with Crippen molar-refractivity contribution in [1.82, 2.24) is 4.57 Å². The quantitative estimate of drug-likeness (QED) is 0.209. The van der Waals surface area contributed by atoms with Crippen LogP contribution in [0.4, 0.5) is 0 Å². The lowest BCUT2D eigenvalue weighted by molar-refractivity contribution is 0.269. The van der Waals surface area contributed by atoms with E-state index in [9.17, 15) is 0 Å². The molecule has 0 amide bonds. The molecular formula is C42H27NO2. The van der Waals surface area contributed by atoms with Crippen LogP contribution in [-0.2, 0) is 0 Å². The summed E-state index contributed by atoms with van der Waals surface area (Å²) in [6.07, 6.45) is 6.71. The molecule has 10 rings (SSSR count). The normalized spacial score (nSPS) is 17.1. The number of hydrogen-bond donors (Lipinski definition) is 0. The monoisotopic (exact) mass is 577 g/mol. The summed E-state index contributed by atoms with van der Waals surface area (Å²) in [5.41, 5.74) is 11.2. The number of benzene rings is 6. The third-order valence-electron chi connectivity index (χ3n) is 9.54. The number of nitrogens with zero attached hydrogens (tertiary/aromatic N) is 1. The van der Waals surface area contributed by atoms with Crippen molar-refractivity contribution in [2.75, 3.05) is 0 Å². The van der Waals surface area contributed by atoms with Crippen molar-refractivity contribution in [2.45, 2.75) is 12.0 Å². The highest BCUT2D eigenvalue weighted by atomic mass is 16.5. The zero-order chi connectivity index (χ0) is 29.5. The van der Waals surface area contributed by atoms with Crippen LogP contribution in [0, 0.1) is 0 Å². The van der Waals surface area contributed by atoms with Crippen molar-refractivity contribution in [3.8, 4) is 28.0 Å². The third kappa shape index (κ3) is 3.64. The van der Waals surface area contributed by atoms with Crippen LogP contribution in [-0.4, -0.2) is 10.7 Å². The van der Waals surface area contributed by atoms with E-state index in [-0.39, 0.29) is 12.0 Å². The number of hydrogen-bond acceptors (Lipinski definition) is 2. The second-order valence-electron chi connectivity index (χ2n) is 12.0. The van der Waals surface area contributed by atoms with Crippen molar-refractivity contribution in [2.24, 2.45) is 0 Å². The van der Waals surface area contributed by atoms with Crippen molar-refractivity contribution in [1.29, 1.82) is 0 Å². The Morgan fingerprint density at radius 1 is 0.533 bits per heavy atom. The summed E-state index contributed by atoms with van der Waals surface area (Å²) in [6, 6.07) is 47.5. The zero-order valence-corrected chi connectivity index (χ0v) is 24.4. The molecule has 0 saturated carbocycles. The molecule has 3 heterocycles. The van der Waals surface area contributed by atoms with E-state index in [1.54, 1.807) is 0 Å². The van der Waals surface area contributed by atoms with E-state index in [1.807, 2.05) is 0 Å². The molecule has 2 unspecified atom stereocenters. The Labute approximate surface area is 259 Å². The second-order valence-corrected chi connectivity index (χ2v) is 12.0. The van der Waals surface area contributed by atoms with E-state index in [4.69, 9.17) is 9.15 Å². The van der Waals surface area contributed by atoms with Crippen LogP contribution in [0.3, 0.4) is 0 Å². The van der Waals surface area contributed by atoms with Crippen molar-refractivity contribution in [3.63, 3.8) is 0 Å². The highest BCUT2D eigenvalue weighted by molar-refractivity contribution is 6.11. The summed E-state index contributed by atoms with van der Waals surface area (Å²) in [6.45, 7) is 0. The predicted octanol–water partition coefficient (Wildman–Crippen LogP) is 11.0. The molecular weight excluding hydrogens is 550 g/mol. The average Bonchev–Trinajstić information content (AvgIpc) is 3.78. The Bertz CT molecular complexity index is 2470. The van der Waals surface area contributed by atoms with E-state index >= 15 is 0 Å². The Morgan fingerprint density at radius 3 is 2.02 bits per heavy atom. The number of furan rings is 1. The molecule has 8 aromatic rings. The molecule has 0 spiro atoms. The molecule has 0 radical (unpaired) electrons. The SMILES string of the molecule is C1=CC2Oc3c(ccc4c3oc3ccc(-c5cccc(-c6ccccc6)c5)cc34)C2C=C1n1c2ccccc2c2ccccc21. The first-order chi connectivity index (χ1) is 22.3. The van der Waals surface area contributed by atoms with Crippen LogP contribution in [0.25, 0.3) is 71.7 Å². The van der Waals surface area contributed by atoms with Gasteiger partial charge in [-0.2, -0.15) is 0 Å². The number of fused-ring (bicyclic) bond motifs is 10. The topological polar surface area (TPSA) is 27.3 Å². The second kappa shape index (κ2) is 9.35. The van der Waals surface area contributed by atoms with Gasteiger partial charge in [-0.15, -0.1) is 0 Å². The van der Waals surface area contributed by atoms with Crippen molar-refractivity contribution < 1.29 is 9.15 Å². The van der Waals surface area contributed by atoms with Crippen LogP contribution in [0.2, 0.25) is 0 Å². The minimum absolute atomic E-state index is 0.0630. The molecule has 1 aliphatic heterocycles. The van der Waals surface area contributed by atoms with Gasteiger partial charge in [0.05, 0.1) is 11.0 Å². The molecule has 2 aromatic heterocycles. The lowest BCUT2D eigenvalue weighted by Gasteiger charge is -2.20. The van der Waals surface area contributed by atoms with Gasteiger partial charge < -0.3 is 13.7 Å². The summed E-state index contributed by atoms with van der Waals surface area (Å²) in [5, 5.41) is 4.72. The summed E-state index contributed by atoms with van der Waals surface area (Å²) in [4.78, 5) is 0. The van der Waals surface area contributed by atoms with E-state index in [0.29, 0.717) is 0 Å². The smallest absolute Gasteiger partial charge is 0.177 e. The molecule has 2 atom stereocenters. The lowest BCUT2D eigenvalue weighted by atomic mass is 9.90. The van der Waals surface area contributed by atoms with Gasteiger partial charge in [0, 0.05) is 38.7 Å². The number of aromatic nitrogens is 1. The zero-order valence-electron chi connectivity index (χ0n) is 24.4. The summed E-state index contributed by atoms with van der Waals surface area (Å²) in [5.74, 6) is 0.963. The number of ether oxygens (including phenoxy) is 1. The van der Waals surface area contributed by atoms with E-state index in [2.05, 4.69) is 156 Å². The number of para-hydroxylation sites is 2. The maximum atomic E-state index is 6.64. The first-order valence-electron chi connectivity index (χ1n) is 15.5. The van der Waals surface area contributed by atoms with Gasteiger partial charge in [-0.1, -0.05) is 97.1 Å².